The Morgan fingerprint density at radius 1 is 0.929 bits per heavy atom. The number of nitrogens with zero attached hydrogens (tertiary/aromatic N) is 3. The number of β-amino-alcohol motifs (C(OH)–C–C–N with tert-alkyl or cyclic N) is 1. The van der Waals surface area contributed by atoms with Crippen LogP contribution in [-0.4, -0.2) is 128 Å². The number of aliphatic hydroxyl groups is 1. The normalized spacial score (nSPS) is 19.8. The van der Waals surface area contributed by atoms with Gasteiger partial charge in [-0.25, -0.2) is 4.79 Å². The number of esters is 1. The third-order valence-electron chi connectivity index (χ3n) is 9.99. The molecule has 0 spiro atoms. The number of rotatable bonds is 20. The lowest BCUT2D eigenvalue weighted by molar-refractivity contribution is -0.156. The maximum Gasteiger partial charge on any atom is 0.332 e. The fraction of sp³-hybridized carbons (Fsp3) is 0.535. The smallest absolute Gasteiger partial charge is 0.332 e. The minimum Gasteiger partial charge on any atom is -0.458 e. The first kappa shape index (κ1) is 42.9. The van der Waals surface area contributed by atoms with Gasteiger partial charge < -0.3 is 34.7 Å². The molecule has 13 heteroatoms. The van der Waals surface area contributed by atoms with Crippen molar-refractivity contribution >= 4 is 17.8 Å². The topological polar surface area (TPSA) is 152 Å². The number of aromatic nitrogens is 1. The lowest BCUT2D eigenvalue weighted by Gasteiger charge is -2.42. The van der Waals surface area contributed by atoms with Crippen molar-refractivity contribution in [3.05, 3.63) is 101 Å². The molecule has 1 aromatic heterocycles. The molecular weight excluding hydrogens is 714 g/mol. The molecule has 5 rings (SSSR count). The van der Waals surface area contributed by atoms with E-state index in [9.17, 15) is 19.5 Å². The Kier molecular flexibility index (Phi) is 16.3. The quantitative estimate of drug-likeness (QED) is 0.115. The van der Waals surface area contributed by atoms with E-state index in [-0.39, 0.29) is 38.0 Å². The van der Waals surface area contributed by atoms with Crippen LogP contribution in [0.1, 0.15) is 55.5 Å². The predicted molar refractivity (Wildman–Crippen MR) is 211 cm³/mol. The minimum atomic E-state index is -0.899. The molecular formula is C43H59N5O8. The lowest BCUT2D eigenvalue weighted by Crippen LogP contribution is -2.61. The molecule has 1 unspecified atom stereocenters. The number of piperazine rings is 1. The molecule has 1 aliphatic heterocycles. The largest absolute Gasteiger partial charge is 0.458 e. The monoisotopic (exact) mass is 773 g/mol. The van der Waals surface area contributed by atoms with E-state index in [1.54, 1.807) is 13.3 Å². The molecule has 56 heavy (non-hydrogen) atoms. The number of pyridine rings is 1. The highest BCUT2D eigenvalue weighted by atomic mass is 16.6. The van der Waals surface area contributed by atoms with Crippen LogP contribution in [0.25, 0.3) is 0 Å². The summed E-state index contributed by atoms with van der Waals surface area (Å²) in [6, 6.07) is 20.4. The average molecular weight is 774 g/mol. The van der Waals surface area contributed by atoms with Gasteiger partial charge in [0, 0.05) is 70.1 Å². The summed E-state index contributed by atoms with van der Waals surface area (Å²) >= 11 is 0. The van der Waals surface area contributed by atoms with Crippen molar-refractivity contribution in [3.63, 3.8) is 0 Å². The van der Waals surface area contributed by atoms with E-state index in [2.05, 4.69) is 20.5 Å². The highest BCUT2D eigenvalue weighted by molar-refractivity contribution is 5.83. The van der Waals surface area contributed by atoms with Crippen LogP contribution in [0.4, 0.5) is 0 Å². The molecule has 2 amide bonds. The second kappa shape index (κ2) is 21.3. The van der Waals surface area contributed by atoms with Gasteiger partial charge in [0.2, 0.25) is 11.8 Å². The summed E-state index contributed by atoms with van der Waals surface area (Å²) in [5.74, 6) is -1.48. The molecule has 1 fully saturated rings. The fourth-order valence-corrected chi connectivity index (χ4v) is 7.38. The summed E-state index contributed by atoms with van der Waals surface area (Å²) in [7, 11) is 1.60. The Morgan fingerprint density at radius 3 is 2.41 bits per heavy atom. The molecule has 2 heterocycles. The highest BCUT2D eigenvalue weighted by Gasteiger charge is 2.39. The third-order valence-corrected chi connectivity index (χ3v) is 9.99. The average Bonchev–Trinajstić information content (AvgIpc) is 3.50. The number of benzene rings is 2. The molecule has 1 aliphatic carbocycles. The van der Waals surface area contributed by atoms with Crippen molar-refractivity contribution in [2.45, 2.75) is 76.4 Å². The van der Waals surface area contributed by atoms with Crippen LogP contribution in [0.3, 0.4) is 0 Å². The number of carbonyl (C=O) groups is 3. The number of hydrogen-bond donors (Lipinski definition) is 3. The fourth-order valence-electron chi connectivity index (χ4n) is 7.38. The zero-order valence-corrected chi connectivity index (χ0v) is 33.2. The van der Waals surface area contributed by atoms with Gasteiger partial charge in [0.25, 0.3) is 0 Å². The number of nitrogens with one attached hydrogen (secondary N) is 2. The Labute approximate surface area is 331 Å². The van der Waals surface area contributed by atoms with Crippen LogP contribution in [0.5, 0.6) is 0 Å². The van der Waals surface area contributed by atoms with Gasteiger partial charge >= 0.3 is 5.97 Å². The predicted octanol–water partition coefficient (Wildman–Crippen LogP) is 3.10. The Hall–Kier alpha value is -4.24. The van der Waals surface area contributed by atoms with E-state index in [4.69, 9.17) is 18.9 Å². The number of amides is 2. The molecule has 5 atom stereocenters. The number of carbonyl (C=O) groups excluding carboxylic acids is 3. The van der Waals surface area contributed by atoms with Gasteiger partial charge in [-0.1, -0.05) is 60.7 Å². The van der Waals surface area contributed by atoms with E-state index >= 15 is 0 Å². The zero-order valence-electron chi connectivity index (χ0n) is 33.2. The third kappa shape index (κ3) is 13.5. The van der Waals surface area contributed by atoms with Crippen molar-refractivity contribution in [2.24, 2.45) is 5.92 Å². The van der Waals surface area contributed by atoms with Crippen molar-refractivity contribution in [1.29, 1.82) is 0 Å². The van der Waals surface area contributed by atoms with Gasteiger partial charge in [-0.2, -0.15) is 0 Å². The Morgan fingerprint density at radius 2 is 1.66 bits per heavy atom. The van der Waals surface area contributed by atoms with Crippen LogP contribution in [0.2, 0.25) is 0 Å². The van der Waals surface area contributed by atoms with Gasteiger partial charge in [-0.05, 0) is 61.9 Å². The molecule has 13 nitrogen and oxygen atoms in total. The highest BCUT2D eigenvalue weighted by Crippen LogP contribution is 2.34. The van der Waals surface area contributed by atoms with E-state index in [0.717, 1.165) is 22.3 Å². The van der Waals surface area contributed by atoms with E-state index < -0.39 is 41.7 Å². The van der Waals surface area contributed by atoms with E-state index in [1.807, 2.05) is 98.6 Å². The van der Waals surface area contributed by atoms with Gasteiger partial charge in [0.05, 0.1) is 38.6 Å². The number of methoxy groups -OCH3 is 1. The number of hydrogen-bond acceptors (Lipinski definition) is 11. The van der Waals surface area contributed by atoms with Gasteiger partial charge in [-0.3, -0.25) is 24.4 Å². The van der Waals surface area contributed by atoms with Crippen molar-refractivity contribution in [1.82, 2.24) is 25.4 Å². The first-order chi connectivity index (χ1) is 27.0. The van der Waals surface area contributed by atoms with E-state index in [0.29, 0.717) is 58.8 Å². The molecule has 1 saturated heterocycles. The summed E-state index contributed by atoms with van der Waals surface area (Å²) in [6.45, 7) is 9.77. The van der Waals surface area contributed by atoms with Gasteiger partial charge in [-0.15, -0.1) is 0 Å². The zero-order chi connectivity index (χ0) is 39.9. The molecule has 0 radical (unpaired) electrons. The van der Waals surface area contributed by atoms with Crippen LogP contribution >= 0.6 is 0 Å². The minimum absolute atomic E-state index is 0.0968. The maximum atomic E-state index is 14.3. The summed E-state index contributed by atoms with van der Waals surface area (Å²) < 4.78 is 21.7. The second-order valence-electron chi connectivity index (χ2n) is 15.7. The molecule has 2 aliphatic rings. The standard InChI is InChI=1S/C43H59N5O8/c1-43(2,3)46-42(52)37-29-47(27-32-13-10-16-44-26-32)17-18-48(37)28-35(49)24-34(23-31-11-6-5-7-12-31)41(51)45-40-36-15-9-8-14-33(36)25-38(40)56-39(50)30-55-22-21-54-20-19-53-4/h5-16,26,34-35,37-38,40,49H,17-25,27-30H2,1-4H3,(H,45,51)(H,46,52)/t34-,35+,37+,38-,40?/m1/s1. The van der Waals surface area contributed by atoms with Crippen LogP contribution in [0.15, 0.2) is 79.1 Å². The summed E-state index contributed by atoms with van der Waals surface area (Å²) in [6.07, 6.45) is 3.08. The van der Waals surface area contributed by atoms with E-state index in [1.165, 1.54) is 0 Å². The lowest BCUT2D eigenvalue weighted by atomic mass is 9.91. The summed E-state index contributed by atoms with van der Waals surface area (Å²) in [5, 5.41) is 18.1. The number of fused-ring (bicyclic) bond motifs is 1. The van der Waals surface area contributed by atoms with Crippen molar-refractivity contribution < 1.29 is 38.4 Å². The SMILES string of the molecule is COCCOCCOCC(=O)O[C@@H]1Cc2ccccc2C1NC(=O)[C@H](Cc1ccccc1)C[C@H](O)CN1CCN(Cc2cccnc2)C[C@H]1C(=O)NC(C)(C)C. The molecule has 304 valence electrons. The van der Waals surface area contributed by atoms with Crippen LogP contribution in [-0.2, 0) is 52.7 Å². The van der Waals surface area contributed by atoms with Gasteiger partial charge in [0.1, 0.15) is 18.8 Å². The Balaban J connectivity index is 1.26. The molecule has 0 saturated carbocycles. The summed E-state index contributed by atoms with van der Waals surface area (Å²) in [5.41, 5.74) is 3.49. The molecule has 0 bridgehead atoms. The first-order valence-electron chi connectivity index (χ1n) is 19.6. The molecule has 2 aromatic carbocycles. The maximum absolute atomic E-state index is 14.3. The Bertz CT molecular complexity index is 1670. The molecule has 3 N–H and O–H groups in total. The van der Waals surface area contributed by atoms with Crippen molar-refractivity contribution in [2.75, 3.05) is 66.3 Å². The number of aliphatic hydroxyl groups excluding tert-OH is 1. The summed E-state index contributed by atoms with van der Waals surface area (Å²) in [4.78, 5) is 49.5. The van der Waals surface area contributed by atoms with Crippen LogP contribution in [0, 0.1) is 5.92 Å². The van der Waals surface area contributed by atoms with Gasteiger partial charge in [0.15, 0.2) is 0 Å². The van der Waals surface area contributed by atoms with Crippen LogP contribution < -0.4 is 10.6 Å². The first-order valence-corrected chi connectivity index (χ1v) is 19.6. The number of ether oxygens (including phenoxy) is 4. The second-order valence-corrected chi connectivity index (χ2v) is 15.7. The molecule has 3 aromatic rings. The van der Waals surface area contributed by atoms with Crippen molar-refractivity contribution in [3.8, 4) is 0 Å².